The van der Waals surface area contributed by atoms with Crippen molar-refractivity contribution in [2.75, 3.05) is 38.0 Å². The number of carbonyl (C=O) groups excluding carboxylic acids is 1. The number of hydrogen-bond donors (Lipinski definition) is 1. The number of nitrogens with one attached hydrogen (secondary N) is 1. The number of rotatable bonds is 6. The van der Waals surface area contributed by atoms with Gasteiger partial charge in [-0.3, -0.25) is 14.6 Å². The van der Waals surface area contributed by atoms with Crippen LogP contribution < -0.4 is 5.32 Å². The predicted octanol–water partition coefficient (Wildman–Crippen LogP) is 2.57. The molecule has 0 unspecified atom stereocenters. The van der Waals surface area contributed by atoms with Crippen LogP contribution in [-0.4, -0.2) is 58.6 Å². The minimum atomic E-state index is 0.0326. The van der Waals surface area contributed by atoms with Crippen LogP contribution in [0.25, 0.3) is 0 Å². The van der Waals surface area contributed by atoms with E-state index in [2.05, 4.69) is 53.0 Å². The monoisotopic (exact) mass is 371 g/mol. The first-order chi connectivity index (χ1) is 12.9. The first-order valence-electron chi connectivity index (χ1n) is 9.55. The molecule has 1 aromatic heterocycles. The lowest BCUT2D eigenvalue weighted by Gasteiger charge is -2.33. The third-order valence-corrected chi connectivity index (χ3v) is 4.98. The molecule has 1 N–H and O–H groups in total. The summed E-state index contributed by atoms with van der Waals surface area (Å²) in [5, 5.41) is 7.00. The number of aromatic nitrogens is 2. The van der Waals surface area contributed by atoms with E-state index in [1.165, 1.54) is 11.1 Å². The van der Waals surface area contributed by atoms with E-state index in [1.54, 1.807) is 0 Å². The van der Waals surface area contributed by atoms with E-state index < -0.39 is 0 Å². The van der Waals surface area contributed by atoms with Crippen LogP contribution in [0.1, 0.15) is 42.6 Å². The molecule has 1 saturated heterocycles. The van der Waals surface area contributed by atoms with Gasteiger partial charge in [-0.2, -0.15) is 4.98 Å². The highest BCUT2D eigenvalue weighted by molar-refractivity contribution is 5.92. The molecule has 2 aromatic rings. The van der Waals surface area contributed by atoms with Gasteiger partial charge in [-0.1, -0.05) is 25.1 Å². The number of carbonyl (C=O) groups is 1. The third-order valence-electron chi connectivity index (χ3n) is 4.98. The Morgan fingerprint density at radius 3 is 2.48 bits per heavy atom. The second kappa shape index (κ2) is 8.63. The Morgan fingerprint density at radius 1 is 1.15 bits per heavy atom. The zero-order valence-corrected chi connectivity index (χ0v) is 16.7. The molecule has 1 amide bonds. The summed E-state index contributed by atoms with van der Waals surface area (Å²) in [7, 11) is 0. The Balaban J connectivity index is 1.43. The Kier molecular flexibility index (Phi) is 6.23. The third kappa shape index (κ3) is 5.37. The van der Waals surface area contributed by atoms with Gasteiger partial charge in [0.1, 0.15) is 0 Å². The smallest absolute Gasteiger partial charge is 0.240 e. The molecular formula is C20H29N5O2. The van der Waals surface area contributed by atoms with Gasteiger partial charge in [-0.25, -0.2) is 0 Å². The summed E-state index contributed by atoms with van der Waals surface area (Å²) < 4.78 is 5.32. The number of benzene rings is 1. The molecule has 0 aliphatic carbocycles. The maximum atomic E-state index is 12.3. The van der Waals surface area contributed by atoms with Crippen molar-refractivity contribution in [1.29, 1.82) is 0 Å². The Morgan fingerprint density at radius 2 is 1.85 bits per heavy atom. The molecule has 1 fully saturated rings. The number of nitrogens with zero attached hydrogens (tertiary/aromatic N) is 4. The number of piperazine rings is 1. The van der Waals surface area contributed by atoms with Crippen LogP contribution in [0.5, 0.6) is 0 Å². The maximum Gasteiger partial charge on any atom is 0.240 e. The summed E-state index contributed by atoms with van der Waals surface area (Å²) in [5.74, 6) is 1.73. The molecule has 146 valence electrons. The molecule has 1 aliphatic rings. The van der Waals surface area contributed by atoms with E-state index in [0.717, 1.165) is 37.7 Å². The summed E-state index contributed by atoms with van der Waals surface area (Å²) in [4.78, 5) is 21.2. The minimum absolute atomic E-state index is 0.0326. The van der Waals surface area contributed by atoms with E-state index >= 15 is 0 Å². The van der Waals surface area contributed by atoms with Gasteiger partial charge >= 0.3 is 0 Å². The van der Waals surface area contributed by atoms with Crippen molar-refractivity contribution in [3.05, 3.63) is 41.0 Å². The summed E-state index contributed by atoms with van der Waals surface area (Å²) in [6, 6.07) is 6.00. The SMILES string of the molecule is Cc1ccc(NC(=O)CN2CCN(Cc3nc(C(C)C)no3)CC2)cc1C. The lowest BCUT2D eigenvalue weighted by atomic mass is 10.1. The average molecular weight is 371 g/mol. The van der Waals surface area contributed by atoms with Crippen molar-refractivity contribution >= 4 is 11.6 Å². The van der Waals surface area contributed by atoms with Gasteiger partial charge in [0.2, 0.25) is 11.8 Å². The van der Waals surface area contributed by atoms with Gasteiger partial charge in [0.25, 0.3) is 0 Å². The zero-order chi connectivity index (χ0) is 19.4. The summed E-state index contributed by atoms with van der Waals surface area (Å²) in [6.07, 6.45) is 0. The highest BCUT2D eigenvalue weighted by Crippen LogP contribution is 2.15. The van der Waals surface area contributed by atoms with Crippen molar-refractivity contribution in [2.45, 2.75) is 40.2 Å². The van der Waals surface area contributed by atoms with Gasteiger partial charge in [-0.15, -0.1) is 0 Å². The summed E-state index contributed by atoms with van der Waals surface area (Å²) in [6.45, 7) is 12.8. The molecule has 0 saturated carbocycles. The van der Waals surface area contributed by atoms with Crippen molar-refractivity contribution < 1.29 is 9.32 Å². The number of anilines is 1. The van der Waals surface area contributed by atoms with Crippen LogP contribution >= 0.6 is 0 Å². The van der Waals surface area contributed by atoms with Crippen LogP contribution in [0.4, 0.5) is 5.69 Å². The first-order valence-corrected chi connectivity index (χ1v) is 9.55. The van der Waals surface area contributed by atoms with Gasteiger partial charge in [0.15, 0.2) is 5.82 Å². The highest BCUT2D eigenvalue weighted by Gasteiger charge is 2.21. The molecule has 1 aromatic carbocycles. The van der Waals surface area contributed by atoms with Crippen LogP contribution in [0.3, 0.4) is 0 Å². The van der Waals surface area contributed by atoms with Crippen molar-refractivity contribution in [2.24, 2.45) is 0 Å². The Labute approximate surface area is 160 Å². The molecule has 1 aliphatic heterocycles. The number of hydrogen-bond acceptors (Lipinski definition) is 6. The number of amides is 1. The fourth-order valence-corrected chi connectivity index (χ4v) is 3.09. The molecular weight excluding hydrogens is 342 g/mol. The lowest BCUT2D eigenvalue weighted by molar-refractivity contribution is -0.117. The molecule has 0 spiro atoms. The van der Waals surface area contributed by atoms with E-state index in [9.17, 15) is 4.79 Å². The summed E-state index contributed by atoms with van der Waals surface area (Å²) >= 11 is 0. The van der Waals surface area contributed by atoms with Gasteiger partial charge in [0.05, 0.1) is 13.1 Å². The largest absolute Gasteiger partial charge is 0.338 e. The molecule has 2 heterocycles. The molecule has 7 nitrogen and oxygen atoms in total. The van der Waals surface area contributed by atoms with Crippen LogP contribution in [0.15, 0.2) is 22.7 Å². The fraction of sp³-hybridized carbons (Fsp3) is 0.550. The molecule has 3 rings (SSSR count). The van der Waals surface area contributed by atoms with Crippen molar-refractivity contribution in [3.63, 3.8) is 0 Å². The van der Waals surface area contributed by atoms with Crippen LogP contribution in [-0.2, 0) is 11.3 Å². The lowest BCUT2D eigenvalue weighted by Crippen LogP contribution is -2.48. The van der Waals surface area contributed by atoms with E-state index in [1.807, 2.05) is 18.2 Å². The van der Waals surface area contributed by atoms with E-state index in [-0.39, 0.29) is 11.8 Å². The molecule has 0 atom stereocenters. The molecule has 27 heavy (non-hydrogen) atoms. The van der Waals surface area contributed by atoms with E-state index in [0.29, 0.717) is 19.0 Å². The Hall–Kier alpha value is -2.25. The van der Waals surface area contributed by atoms with Gasteiger partial charge in [0, 0.05) is 37.8 Å². The minimum Gasteiger partial charge on any atom is -0.338 e. The second-order valence-electron chi connectivity index (χ2n) is 7.60. The van der Waals surface area contributed by atoms with Crippen molar-refractivity contribution in [3.8, 4) is 0 Å². The quantitative estimate of drug-likeness (QED) is 0.841. The zero-order valence-electron chi connectivity index (χ0n) is 16.7. The topological polar surface area (TPSA) is 74.5 Å². The van der Waals surface area contributed by atoms with E-state index in [4.69, 9.17) is 4.52 Å². The Bertz CT molecular complexity index is 778. The highest BCUT2D eigenvalue weighted by atomic mass is 16.5. The fourth-order valence-electron chi connectivity index (χ4n) is 3.09. The van der Waals surface area contributed by atoms with Crippen LogP contribution in [0.2, 0.25) is 0 Å². The average Bonchev–Trinajstić information content (AvgIpc) is 3.09. The van der Waals surface area contributed by atoms with Crippen molar-refractivity contribution in [1.82, 2.24) is 19.9 Å². The molecule has 0 bridgehead atoms. The van der Waals surface area contributed by atoms with Gasteiger partial charge in [-0.05, 0) is 37.1 Å². The van der Waals surface area contributed by atoms with Crippen LogP contribution in [0, 0.1) is 13.8 Å². The first kappa shape index (κ1) is 19.5. The predicted molar refractivity (Wildman–Crippen MR) is 105 cm³/mol. The second-order valence-corrected chi connectivity index (χ2v) is 7.60. The molecule has 0 radical (unpaired) electrons. The summed E-state index contributed by atoms with van der Waals surface area (Å²) in [5.41, 5.74) is 3.27. The van der Waals surface area contributed by atoms with Gasteiger partial charge < -0.3 is 9.84 Å². The maximum absolute atomic E-state index is 12.3. The normalized spacial score (nSPS) is 16.0. The molecule has 7 heteroatoms. The number of aryl methyl sites for hydroxylation is 2. The standard InChI is InChI=1S/C20H29N5O2/c1-14(2)20-22-19(27-23-20)13-25-9-7-24(8-10-25)12-18(26)21-17-6-5-15(3)16(4)11-17/h5-6,11,14H,7-10,12-13H2,1-4H3,(H,21,26).